The van der Waals surface area contributed by atoms with Gasteiger partial charge in [0.05, 0.1) is 36.8 Å². The van der Waals surface area contributed by atoms with Crippen LogP contribution in [0.15, 0.2) is 42.5 Å². The molecule has 0 saturated carbocycles. The molecule has 0 bridgehead atoms. The second kappa shape index (κ2) is 12.1. The number of nitro benzene ring substituents is 1. The number of nitro groups is 1. The summed E-state index contributed by atoms with van der Waals surface area (Å²) in [5.41, 5.74) is 5.85. The van der Waals surface area contributed by atoms with Crippen molar-refractivity contribution in [2.45, 2.75) is 19.4 Å². The molecule has 0 radical (unpaired) electrons. The molecule has 0 unspecified atom stereocenters. The summed E-state index contributed by atoms with van der Waals surface area (Å²) >= 11 is 0. The average Bonchev–Trinajstić information content (AvgIpc) is 2.79. The Morgan fingerprint density at radius 3 is 2.52 bits per heavy atom. The molecule has 0 atom stereocenters. The van der Waals surface area contributed by atoms with Crippen molar-refractivity contribution >= 4 is 17.5 Å². The Bertz CT molecular complexity index is 904. The SMILES string of the molecule is COc1cc(CNC(=O)c2ccccc2)c([N+](=O)[O-])cc1OCCCC(=O)NCCN. The van der Waals surface area contributed by atoms with Crippen LogP contribution in [0.5, 0.6) is 11.5 Å². The standard InChI is InChI=1S/C21H26N4O6/c1-30-18-12-16(14-24-21(27)15-6-3-2-4-7-15)17(25(28)29)13-19(18)31-11-5-8-20(26)23-10-9-22/h2-4,6-7,12-13H,5,8-11,14,22H2,1H3,(H,23,26)(H,24,27). The molecule has 0 heterocycles. The minimum atomic E-state index is -0.545. The summed E-state index contributed by atoms with van der Waals surface area (Å²) in [5.74, 6) is -0.00421. The first-order chi connectivity index (χ1) is 15.0. The molecule has 0 saturated heterocycles. The zero-order chi connectivity index (χ0) is 22.6. The molecule has 2 amide bonds. The third-order valence-corrected chi connectivity index (χ3v) is 4.31. The van der Waals surface area contributed by atoms with Crippen LogP contribution in [0.25, 0.3) is 0 Å². The lowest BCUT2D eigenvalue weighted by Gasteiger charge is -2.13. The number of hydrogen-bond acceptors (Lipinski definition) is 7. The van der Waals surface area contributed by atoms with Crippen LogP contribution in [-0.2, 0) is 11.3 Å². The molecule has 2 aromatic carbocycles. The highest BCUT2D eigenvalue weighted by Gasteiger charge is 2.20. The summed E-state index contributed by atoms with van der Waals surface area (Å²) < 4.78 is 10.9. The molecule has 0 fully saturated rings. The maximum absolute atomic E-state index is 12.2. The minimum Gasteiger partial charge on any atom is -0.493 e. The molecule has 2 rings (SSSR count). The van der Waals surface area contributed by atoms with Crippen LogP contribution < -0.4 is 25.8 Å². The predicted molar refractivity (Wildman–Crippen MR) is 114 cm³/mol. The summed E-state index contributed by atoms with van der Waals surface area (Å²) in [6.45, 7) is 0.888. The van der Waals surface area contributed by atoms with Crippen LogP contribution >= 0.6 is 0 Å². The van der Waals surface area contributed by atoms with E-state index >= 15 is 0 Å². The van der Waals surface area contributed by atoms with E-state index in [4.69, 9.17) is 15.2 Å². The van der Waals surface area contributed by atoms with Gasteiger partial charge in [0.25, 0.3) is 11.6 Å². The van der Waals surface area contributed by atoms with Crippen LogP contribution in [0.2, 0.25) is 0 Å². The van der Waals surface area contributed by atoms with Gasteiger partial charge in [0.15, 0.2) is 11.5 Å². The van der Waals surface area contributed by atoms with Crippen molar-refractivity contribution in [2.24, 2.45) is 5.73 Å². The fourth-order valence-corrected chi connectivity index (χ4v) is 2.76. The molecule has 31 heavy (non-hydrogen) atoms. The predicted octanol–water partition coefficient (Wildman–Crippen LogP) is 1.77. The fourth-order valence-electron chi connectivity index (χ4n) is 2.76. The molecule has 0 aliphatic rings. The zero-order valence-electron chi connectivity index (χ0n) is 17.3. The van der Waals surface area contributed by atoms with Gasteiger partial charge in [0.2, 0.25) is 5.91 Å². The summed E-state index contributed by atoms with van der Waals surface area (Å²) in [6, 6.07) is 11.3. The fraction of sp³-hybridized carbons (Fsp3) is 0.333. The first kappa shape index (κ1) is 23.6. The van der Waals surface area contributed by atoms with Gasteiger partial charge in [0.1, 0.15) is 0 Å². The number of ether oxygens (including phenoxy) is 2. The van der Waals surface area contributed by atoms with Gasteiger partial charge in [0, 0.05) is 25.1 Å². The monoisotopic (exact) mass is 430 g/mol. The van der Waals surface area contributed by atoms with Crippen molar-refractivity contribution < 1.29 is 24.0 Å². The first-order valence-corrected chi connectivity index (χ1v) is 9.74. The Morgan fingerprint density at radius 1 is 1.13 bits per heavy atom. The second-order valence-corrected chi connectivity index (χ2v) is 6.53. The second-order valence-electron chi connectivity index (χ2n) is 6.53. The molecule has 2 aromatic rings. The highest BCUT2D eigenvalue weighted by Crippen LogP contribution is 2.35. The van der Waals surface area contributed by atoms with E-state index in [-0.39, 0.29) is 48.4 Å². The lowest BCUT2D eigenvalue weighted by molar-refractivity contribution is -0.385. The van der Waals surface area contributed by atoms with E-state index in [0.29, 0.717) is 30.8 Å². The van der Waals surface area contributed by atoms with E-state index in [2.05, 4.69) is 10.6 Å². The molecule has 166 valence electrons. The van der Waals surface area contributed by atoms with Crippen molar-refractivity contribution in [3.63, 3.8) is 0 Å². The smallest absolute Gasteiger partial charge is 0.278 e. The van der Waals surface area contributed by atoms with Crippen molar-refractivity contribution in [3.8, 4) is 11.5 Å². The Morgan fingerprint density at radius 2 is 1.87 bits per heavy atom. The summed E-state index contributed by atoms with van der Waals surface area (Å²) in [7, 11) is 1.42. The molecule has 10 nitrogen and oxygen atoms in total. The topological polar surface area (TPSA) is 146 Å². The maximum atomic E-state index is 12.2. The Hall–Kier alpha value is -3.66. The molecule has 0 aromatic heterocycles. The molecule has 10 heteroatoms. The Balaban J connectivity index is 2.05. The number of nitrogens with one attached hydrogen (secondary N) is 2. The van der Waals surface area contributed by atoms with Crippen LogP contribution in [0, 0.1) is 10.1 Å². The van der Waals surface area contributed by atoms with Gasteiger partial charge in [-0.05, 0) is 24.6 Å². The van der Waals surface area contributed by atoms with Crippen LogP contribution in [-0.4, -0.2) is 43.5 Å². The van der Waals surface area contributed by atoms with Crippen molar-refractivity contribution in [1.82, 2.24) is 10.6 Å². The van der Waals surface area contributed by atoms with Gasteiger partial charge >= 0.3 is 0 Å². The number of rotatable bonds is 12. The highest BCUT2D eigenvalue weighted by atomic mass is 16.6. The maximum Gasteiger partial charge on any atom is 0.278 e. The number of methoxy groups -OCH3 is 1. The summed E-state index contributed by atoms with van der Waals surface area (Å²) in [5, 5.41) is 16.9. The molecular formula is C21H26N4O6. The Labute approximate surface area is 179 Å². The van der Waals surface area contributed by atoms with Gasteiger partial charge in [-0.1, -0.05) is 18.2 Å². The largest absolute Gasteiger partial charge is 0.493 e. The van der Waals surface area contributed by atoms with Crippen LogP contribution in [0.4, 0.5) is 5.69 Å². The molecular weight excluding hydrogens is 404 g/mol. The van der Waals surface area contributed by atoms with Crippen molar-refractivity contribution in [1.29, 1.82) is 0 Å². The third kappa shape index (κ3) is 7.27. The first-order valence-electron chi connectivity index (χ1n) is 9.74. The van der Waals surface area contributed by atoms with E-state index in [1.807, 2.05) is 0 Å². The number of benzene rings is 2. The van der Waals surface area contributed by atoms with Gasteiger partial charge in [-0.25, -0.2) is 0 Å². The van der Waals surface area contributed by atoms with Gasteiger partial charge < -0.3 is 25.8 Å². The lowest BCUT2D eigenvalue weighted by atomic mass is 10.1. The molecule has 0 aliphatic carbocycles. The van der Waals surface area contributed by atoms with E-state index in [0.717, 1.165) is 0 Å². The van der Waals surface area contributed by atoms with E-state index in [1.54, 1.807) is 30.3 Å². The normalized spacial score (nSPS) is 10.3. The number of amides is 2. The van der Waals surface area contributed by atoms with Crippen molar-refractivity contribution in [3.05, 3.63) is 63.7 Å². The number of carbonyl (C=O) groups is 2. The van der Waals surface area contributed by atoms with Crippen molar-refractivity contribution in [2.75, 3.05) is 26.8 Å². The van der Waals surface area contributed by atoms with E-state index in [1.165, 1.54) is 19.2 Å². The zero-order valence-corrected chi connectivity index (χ0v) is 17.3. The van der Waals surface area contributed by atoms with Gasteiger partial charge in [-0.3, -0.25) is 19.7 Å². The number of carbonyl (C=O) groups excluding carboxylic acids is 2. The van der Waals surface area contributed by atoms with Crippen LogP contribution in [0.3, 0.4) is 0 Å². The van der Waals surface area contributed by atoms with E-state index in [9.17, 15) is 19.7 Å². The summed E-state index contributed by atoms with van der Waals surface area (Å²) in [6.07, 6.45) is 0.663. The van der Waals surface area contributed by atoms with Gasteiger partial charge in [-0.15, -0.1) is 0 Å². The molecule has 0 spiro atoms. The minimum absolute atomic E-state index is 0.0536. The third-order valence-electron chi connectivity index (χ3n) is 4.31. The number of hydrogen-bond donors (Lipinski definition) is 3. The van der Waals surface area contributed by atoms with Gasteiger partial charge in [-0.2, -0.15) is 0 Å². The van der Waals surface area contributed by atoms with Crippen LogP contribution in [0.1, 0.15) is 28.8 Å². The number of nitrogens with two attached hydrogens (primary N) is 1. The highest BCUT2D eigenvalue weighted by molar-refractivity contribution is 5.94. The average molecular weight is 430 g/mol. The quantitative estimate of drug-likeness (QED) is 0.264. The molecule has 0 aliphatic heterocycles. The Kier molecular flexibility index (Phi) is 9.24. The summed E-state index contributed by atoms with van der Waals surface area (Å²) in [4.78, 5) is 34.8. The van der Waals surface area contributed by atoms with E-state index < -0.39 is 4.92 Å². The number of nitrogens with zero attached hydrogens (tertiary/aromatic N) is 1. The molecule has 4 N–H and O–H groups in total. The lowest BCUT2D eigenvalue weighted by Crippen LogP contribution is -2.29.